The van der Waals surface area contributed by atoms with Crippen LogP contribution in [0.3, 0.4) is 0 Å². The summed E-state index contributed by atoms with van der Waals surface area (Å²) in [5.41, 5.74) is 1.96. The van der Waals surface area contributed by atoms with Gasteiger partial charge in [-0.2, -0.15) is 0 Å². The molecule has 3 aromatic rings. The lowest BCUT2D eigenvalue weighted by Gasteiger charge is -2.23. The van der Waals surface area contributed by atoms with Gasteiger partial charge in [0.05, 0.1) is 23.1 Å². The van der Waals surface area contributed by atoms with E-state index in [4.69, 9.17) is 16.6 Å². The van der Waals surface area contributed by atoms with E-state index in [9.17, 15) is 9.18 Å². The maximum Gasteiger partial charge on any atom is 0.257 e. The van der Waals surface area contributed by atoms with Crippen LogP contribution in [0.4, 0.5) is 4.39 Å². The smallest absolute Gasteiger partial charge is 0.257 e. The molecule has 1 amide bonds. The second-order valence-electron chi connectivity index (χ2n) is 7.42. The molecular formula is C22H23ClFN3O. The van der Waals surface area contributed by atoms with Gasteiger partial charge >= 0.3 is 0 Å². The highest BCUT2D eigenvalue weighted by Crippen LogP contribution is 2.33. The number of carbonyl (C=O) groups is 1. The third-order valence-electron chi connectivity index (χ3n) is 5.14. The number of hydrogen-bond donors (Lipinski definition) is 0. The molecule has 2 aromatic carbocycles. The molecule has 0 spiro atoms. The molecule has 1 heterocycles. The van der Waals surface area contributed by atoms with E-state index in [1.165, 1.54) is 25.0 Å². The second-order valence-corrected chi connectivity index (χ2v) is 7.86. The van der Waals surface area contributed by atoms with Gasteiger partial charge in [0.2, 0.25) is 0 Å². The van der Waals surface area contributed by atoms with Crippen LogP contribution in [0.15, 0.2) is 42.5 Å². The predicted molar refractivity (Wildman–Crippen MR) is 109 cm³/mol. The Labute approximate surface area is 168 Å². The lowest BCUT2D eigenvalue weighted by atomic mass is 10.2. The molecule has 0 unspecified atom stereocenters. The molecule has 1 aliphatic rings. The average molecular weight is 400 g/mol. The Hall–Kier alpha value is -2.40. The van der Waals surface area contributed by atoms with Crippen LogP contribution in [0, 0.1) is 11.7 Å². The van der Waals surface area contributed by atoms with E-state index in [0.29, 0.717) is 24.0 Å². The minimum absolute atomic E-state index is 0.101. The summed E-state index contributed by atoms with van der Waals surface area (Å²) in [6.45, 7) is 3.77. The highest BCUT2D eigenvalue weighted by molar-refractivity contribution is 6.31. The Morgan fingerprint density at radius 2 is 2.07 bits per heavy atom. The van der Waals surface area contributed by atoms with Crippen LogP contribution < -0.4 is 0 Å². The highest BCUT2D eigenvalue weighted by Gasteiger charge is 2.26. The molecule has 1 fully saturated rings. The van der Waals surface area contributed by atoms with Gasteiger partial charge in [0.1, 0.15) is 11.6 Å². The van der Waals surface area contributed by atoms with E-state index in [1.807, 2.05) is 25.1 Å². The number of amides is 1. The quantitative estimate of drug-likeness (QED) is 0.541. The molecule has 146 valence electrons. The molecule has 28 heavy (non-hydrogen) atoms. The molecule has 1 saturated carbocycles. The number of carbonyl (C=O) groups excluding carboxylic acids is 1. The summed E-state index contributed by atoms with van der Waals surface area (Å²) < 4.78 is 16.3. The van der Waals surface area contributed by atoms with E-state index in [1.54, 1.807) is 17.0 Å². The summed E-state index contributed by atoms with van der Waals surface area (Å²) in [5.74, 6) is 0.675. The number of aromatic nitrogens is 2. The van der Waals surface area contributed by atoms with Crippen LogP contribution in [0.25, 0.3) is 11.0 Å². The van der Waals surface area contributed by atoms with Gasteiger partial charge in [-0.15, -0.1) is 0 Å². The Morgan fingerprint density at radius 1 is 1.29 bits per heavy atom. The van der Waals surface area contributed by atoms with Crippen molar-refractivity contribution < 1.29 is 9.18 Å². The zero-order valence-corrected chi connectivity index (χ0v) is 16.6. The van der Waals surface area contributed by atoms with Crippen LogP contribution >= 0.6 is 11.6 Å². The molecule has 1 aromatic heterocycles. The molecule has 6 heteroatoms. The SMILES string of the molecule is CCCN(Cc1nc2ccc(Cl)cc2n1CC1CC1)C(=O)c1ccccc1F. The zero-order valence-electron chi connectivity index (χ0n) is 15.9. The predicted octanol–water partition coefficient (Wildman–Crippen LogP) is 5.29. The first-order valence-electron chi connectivity index (χ1n) is 9.75. The average Bonchev–Trinajstić information content (AvgIpc) is 3.44. The summed E-state index contributed by atoms with van der Waals surface area (Å²) in [6.07, 6.45) is 3.22. The number of nitrogens with zero attached hydrogens (tertiary/aromatic N) is 3. The standard InChI is InChI=1S/C22H23ClFN3O/c1-2-11-26(22(28)17-5-3-4-6-18(17)24)14-21-25-19-10-9-16(23)12-20(19)27(21)13-15-7-8-15/h3-6,9-10,12,15H,2,7-8,11,13-14H2,1H3. The largest absolute Gasteiger partial charge is 0.331 e. The van der Waals surface area contributed by atoms with Gasteiger partial charge in [-0.1, -0.05) is 30.7 Å². The number of rotatable bonds is 7. The zero-order chi connectivity index (χ0) is 19.7. The molecule has 1 aliphatic carbocycles. The minimum Gasteiger partial charge on any atom is -0.331 e. The van der Waals surface area contributed by atoms with Crippen molar-refractivity contribution in [1.29, 1.82) is 0 Å². The van der Waals surface area contributed by atoms with Gasteiger partial charge in [-0.05, 0) is 55.5 Å². The monoisotopic (exact) mass is 399 g/mol. The Morgan fingerprint density at radius 3 is 2.79 bits per heavy atom. The maximum absolute atomic E-state index is 14.2. The summed E-state index contributed by atoms with van der Waals surface area (Å²) in [7, 11) is 0. The third-order valence-corrected chi connectivity index (χ3v) is 5.38. The summed E-state index contributed by atoms with van der Waals surface area (Å²) in [6, 6.07) is 11.8. The van der Waals surface area contributed by atoms with E-state index in [-0.39, 0.29) is 11.5 Å². The Bertz CT molecular complexity index is 1010. The van der Waals surface area contributed by atoms with Crippen molar-refractivity contribution in [2.75, 3.05) is 6.54 Å². The van der Waals surface area contributed by atoms with E-state index < -0.39 is 5.82 Å². The van der Waals surface area contributed by atoms with Crippen molar-refractivity contribution in [3.8, 4) is 0 Å². The Kier molecular flexibility index (Phi) is 5.36. The fourth-order valence-electron chi connectivity index (χ4n) is 3.53. The van der Waals surface area contributed by atoms with Crippen LogP contribution in [-0.2, 0) is 13.1 Å². The molecule has 0 radical (unpaired) electrons. The first-order chi connectivity index (χ1) is 13.6. The third kappa shape index (κ3) is 3.90. The number of hydrogen-bond acceptors (Lipinski definition) is 2. The number of halogens is 2. The van der Waals surface area contributed by atoms with Gasteiger partial charge in [0, 0.05) is 18.1 Å². The maximum atomic E-state index is 14.2. The van der Waals surface area contributed by atoms with Crippen molar-refractivity contribution in [2.45, 2.75) is 39.3 Å². The van der Waals surface area contributed by atoms with Crippen LogP contribution in [0.2, 0.25) is 5.02 Å². The second kappa shape index (κ2) is 7.92. The van der Waals surface area contributed by atoms with Gasteiger partial charge < -0.3 is 9.47 Å². The van der Waals surface area contributed by atoms with Gasteiger partial charge in [-0.25, -0.2) is 9.37 Å². The molecule has 0 bridgehead atoms. The minimum atomic E-state index is -0.494. The van der Waals surface area contributed by atoms with Gasteiger partial charge in [0.25, 0.3) is 5.91 Å². The molecule has 0 saturated heterocycles. The van der Waals surface area contributed by atoms with Crippen molar-refractivity contribution in [2.24, 2.45) is 5.92 Å². The molecule has 4 nitrogen and oxygen atoms in total. The molecule has 0 N–H and O–H groups in total. The highest BCUT2D eigenvalue weighted by atomic mass is 35.5. The number of benzene rings is 2. The first-order valence-corrected chi connectivity index (χ1v) is 10.1. The summed E-state index contributed by atoms with van der Waals surface area (Å²) in [5, 5.41) is 0.670. The lowest BCUT2D eigenvalue weighted by molar-refractivity contribution is 0.0732. The van der Waals surface area contributed by atoms with Gasteiger partial charge in [0.15, 0.2) is 0 Å². The Balaban J connectivity index is 1.69. The molecule has 0 atom stereocenters. The lowest BCUT2D eigenvalue weighted by Crippen LogP contribution is -2.33. The van der Waals surface area contributed by atoms with Crippen LogP contribution in [0.1, 0.15) is 42.4 Å². The molecule has 4 rings (SSSR count). The van der Waals surface area contributed by atoms with Crippen molar-refractivity contribution >= 4 is 28.5 Å². The van der Waals surface area contributed by atoms with Crippen LogP contribution in [-0.4, -0.2) is 26.9 Å². The first kappa shape index (κ1) is 18.9. The van der Waals surface area contributed by atoms with Gasteiger partial charge in [-0.3, -0.25) is 4.79 Å². The fourth-order valence-corrected chi connectivity index (χ4v) is 3.69. The topological polar surface area (TPSA) is 38.1 Å². The number of imidazole rings is 1. The number of fused-ring (bicyclic) bond motifs is 1. The summed E-state index contributed by atoms with van der Waals surface area (Å²) >= 11 is 6.21. The summed E-state index contributed by atoms with van der Waals surface area (Å²) in [4.78, 5) is 19.5. The van der Waals surface area contributed by atoms with Crippen molar-refractivity contribution in [1.82, 2.24) is 14.5 Å². The van der Waals surface area contributed by atoms with Crippen molar-refractivity contribution in [3.05, 3.63) is 64.7 Å². The normalized spacial score (nSPS) is 13.8. The van der Waals surface area contributed by atoms with E-state index >= 15 is 0 Å². The van der Waals surface area contributed by atoms with Crippen LogP contribution in [0.5, 0.6) is 0 Å². The van der Waals surface area contributed by atoms with E-state index in [2.05, 4.69) is 4.57 Å². The van der Waals surface area contributed by atoms with Crippen molar-refractivity contribution in [3.63, 3.8) is 0 Å². The fraction of sp³-hybridized carbons (Fsp3) is 0.364. The molecular weight excluding hydrogens is 377 g/mol. The molecule has 0 aliphatic heterocycles. The van der Waals surface area contributed by atoms with E-state index in [0.717, 1.165) is 29.8 Å².